The molecule has 0 heterocycles. The Hall–Kier alpha value is -1.92. The van der Waals surface area contributed by atoms with Gasteiger partial charge in [-0.2, -0.15) is 0 Å². The van der Waals surface area contributed by atoms with Gasteiger partial charge in [-0.1, -0.05) is 26.0 Å². The van der Waals surface area contributed by atoms with Gasteiger partial charge in [0.15, 0.2) is 0 Å². The number of urea groups is 1. The number of benzene rings is 1. The van der Waals surface area contributed by atoms with Gasteiger partial charge in [0.05, 0.1) is 6.04 Å². The average molecular weight is 356 g/mol. The summed E-state index contributed by atoms with van der Waals surface area (Å²) in [5.41, 5.74) is 0.852. The van der Waals surface area contributed by atoms with E-state index >= 15 is 0 Å². The Balaban J connectivity index is 1.53. The lowest BCUT2D eigenvalue weighted by Gasteiger charge is -2.72. The van der Waals surface area contributed by atoms with Crippen molar-refractivity contribution in [2.75, 3.05) is 0 Å². The molecule has 3 fully saturated rings. The van der Waals surface area contributed by atoms with Crippen molar-refractivity contribution in [2.24, 2.45) is 11.3 Å². The first kappa shape index (κ1) is 17.9. The summed E-state index contributed by atoms with van der Waals surface area (Å²) in [6.07, 6.45) is -1.71. The largest absolute Gasteiger partial charge is 0.573 e. The van der Waals surface area contributed by atoms with Crippen molar-refractivity contribution in [3.8, 4) is 5.75 Å². The second-order valence-electron chi connectivity index (χ2n) is 7.77. The average Bonchev–Trinajstić information content (AvgIpc) is 2.39. The molecule has 7 heteroatoms. The van der Waals surface area contributed by atoms with E-state index in [1.165, 1.54) is 18.2 Å². The van der Waals surface area contributed by atoms with Crippen molar-refractivity contribution in [1.82, 2.24) is 10.6 Å². The summed E-state index contributed by atoms with van der Waals surface area (Å²) in [6.45, 7) is 6.15. The molecule has 1 aromatic carbocycles. The third-order valence-electron chi connectivity index (χ3n) is 5.61. The van der Waals surface area contributed by atoms with Gasteiger partial charge in [0.2, 0.25) is 0 Å². The highest BCUT2D eigenvalue weighted by atomic mass is 19.4. The number of amides is 2. The standard InChI is InChI=1S/C18H23F3N2O2/c1-11(2)16-8-17(9-16,10-16)23-15(24)22-12(3)13-5-4-6-14(7-13)25-18(19,20)21/h4-7,11-12H,8-10H2,1-3H3,(H2,22,23,24). The monoisotopic (exact) mass is 356 g/mol. The molecule has 1 atom stereocenters. The Kier molecular flexibility index (Phi) is 4.16. The molecule has 0 aliphatic heterocycles. The molecule has 0 saturated heterocycles. The van der Waals surface area contributed by atoms with Crippen LogP contribution >= 0.6 is 0 Å². The first-order chi connectivity index (χ1) is 11.5. The zero-order valence-electron chi connectivity index (χ0n) is 14.5. The second-order valence-corrected chi connectivity index (χ2v) is 7.77. The minimum absolute atomic E-state index is 0.0880. The summed E-state index contributed by atoms with van der Waals surface area (Å²) in [4.78, 5) is 12.2. The van der Waals surface area contributed by atoms with Crippen LogP contribution in [-0.4, -0.2) is 17.9 Å². The Morgan fingerprint density at radius 3 is 2.40 bits per heavy atom. The number of alkyl halides is 3. The molecule has 3 aliphatic rings. The smallest absolute Gasteiger partial charge is 0.406 e. The maximum atomic E-state index is 12.3. The Bertz CT molecular complexity index is 653. The first-order valence-electron chi connectivity index (χ1n) is 8.47. The minimum Gasteiger partial charge on any atom is -0.406 e. The van der Waals surface area contributed by atoms with Crippen molar-refractivity contribution in [3.63, 3.8) is 0 Å². The zero-order chi connectivity index (χ0) is 18.5. The lowest BCUT2D eigenvalue weighted by atomic mass is 9.36. The van der Waals surface area contributed by atoms with E-state index in [4.69, 9.17) is 0 Å². The molecule has 1 aromatic rings. The first-order valence-corrected chi connectivity index (χ1v) is 8.47. The topological polar surface area (TPSA) is 50.4 Å². The number of halogens is 3. The molecule has 25 heavy (non-hydrogen) atoms. The molecule has 1 unspecified atom stereocenters. The van der Waals surface area contributed by atoms with Crippen molar-refractivity contribution < 1.29 is 22.7 Å². The SMILES string of the molecule is CC(NC(=O)NC12CC(C(C)C)(C1)C2)c1cccc(OC(F)(F)F)c1. The van der Waals surface area contributed by atoms with Gasteiger partial charge in [0, 0.05) is 5.54 Å². The number of ether oxygens (including phenoxy) is 1. The summed E-state index contributed by atoms with van der Waals surface area (Å²) in [5, 5.41) is 5.82. The Morgan fingerprint density at radius 2 is 1.84 bits per heavy atom. The van der Waals surface area contributed by atoms with Gasteiger partial charge in [-0.3, -0.25) is 0 Å². The van der Waals surface area contributed by atoms with E-state index in [0.717, 1.165) is 19.3 Å². The molecule has 2 N–H and O–H groups in total. The number of hydrogen-bond donors (Lipinski definition) is 2. The van der Waals surface area contributed by atoms with Gasteiger partial charge in [0.25, 0.3) is 0 Å². The van der Waals surface area contributed by atoms with Crippen LogP contribution in [0.1, 0.15) is 51.6 Å². The fourth-order valence-corrected chi connectivity index (χ4v) is 4.15. The lowest BCUT2D eigenvalue weighted by Crippen LogP contribution is -2.76. The quantitative estimate of drug-likeness (QED) is 0.815. The molecule has 4 rings (SSSR count). The van der Waals surface area contributed by atoms with Gasteiger partial charge < -0.3 is 15.4 Å². The molecule has 4 nitrogen and oxygen atoms in total. The number of carbonyl (C=O) groups excluding carboxylic acids is 1. The van der Waals surface area contributed by atoms with E-state index in [1.807, 2.05) is 0 Å². The molecular formula is C18H23F3N2O2. The van der Waals surface area contributed by atoms with Gasteiger partial charge in [-0.05, 0) is 55.2 Å². The van der Waals surface area contributed by atoms with Crippen molar-refractivity contribution in [3.05, 3.63) is 29.8 Å². The number of hydrogen-bond acceptors (Lipinski definition) is 2. The van der Waals surface area contributed by atoms with Crippen LogP contribution in [0.5, 0.6) is 5.75 Å². The highest BCUT2D eigenvalue weighted by Crippen LogP contribution is 2.70. The van der Waals surface area contributed by atoms with Crippen LogP contribution in [0.4, 0.5) is 18.0 Å². The zero-order valence-corrected chi connectivity index (χ0v) is 14.5. The Morgan fingerprint density at radius 1 is 1.20 bits per heavy atom. The number of carbonyl (C=O) groups is 1. The van der Waals surface area contributed by atoms with Gasteiger partial charge >= 0.3 is 12.4 Å². The van der Waals surface area contributed by atoms with Crippen LogP contribution in [0.3, 0.4) is 0 Å². The van der Waals surface area contributed by atoms with E-state index in [9.17, 15) is 18.0 Å². The molecule has 0 radical (unpaired) electrons. The van der Waals surface area contributed by atoms with Crippen LogP contribution in [0.2, 0.25) is 0 Å². The second kappa shape index (κ2) is 5.81. The molecule has 2 bridgehead atoms. The summed E-state index contributed by atoms with van der Waals surface area (Å²) in [7, 11) is 0. The molecule has 2 amide bonds. The van der Waals surface area contributed by atoms with Gasteiger partial charge in [-0.25, -0.2) is 4.79 Å². The molecule has 0 aromatic heterocycles. The van der Waals surface area contributed by atoms with Crippen LogP contribution in [0.25, 0.3) is 0 Å². The van der Waals surface area contributed by atoms with E-state index in [2.05, 4.69) is 29.2 Å². The normalized spacial score (nSPS) is 28.6. The van der Waals surface area contributed by atoms with E-state index in [1.54, 1.807) is 13.0 Å². The van der Waals surface area contributed by atoms with Crippen molar-refractivity contribution in [2.45, 2.75) is 58.0 Å². The van der Waals surface area contributed by atoms with Gasteiger partial charge in [0.1, 0.15) is 5.75 Å². The predicted octanol–water partition coefficient (Wildman–Crippen LogP) is 4.52. The predicted molar refractivity (Wildman–Crippen MR) is 87.1 cm³/mol. The van der Waals surface area contributed by atoms with Crippen LogP contribution < -0.4 is 15.4 Å². The van der Waals surface area contributed by atoms with Crippen LogP contribution in [0.15, 0.2) is 24.3 Å². The Labute approximate surface area is 145 Å². The fraction of sp³-hybridized carbons (Fsp3) is 0.611. The molecule has 0 spiro atoms. The minimum atomic E-state index is -4.73. The summed E-state index contributed by atoms with van der Waals surface area (Å²) >= 11 is 0. The fourth-order valence-electron chi connectivity index (χ4n) is 4.15. The maximum absolute atomic E-state index is 12.3. The summed E-state index contributed by atoms with van der Waals surface area (Å²) in [6, 6.07) is 4.93. The molecule has 138 valence electrons. The van der Waals surface area contributed by atoms with Gasteiger partial charge in [-0.15, -0.1) is 13.2 Å². The molecule has 3 aliphatic carbocycles. The van der Waals surface area contributed by atoms with Crippen LogP contribution in [-0.2, 0) is 0 Å². The maximum Gasteiger partial charge on any atom is 0.573 e. The summed E-state index contributed by atoms with van der Waals surface area (Å²) in [5.74, 6) is 0.326. The molecule has 3 saturated carbocycles. The highest BCUT2D eigenvalue weighted by Gasteiger charge is 2.69. The van der Waals surface area contributed by atoms with E-state index in [-0.39, 0.29) is 17.3 Å². The highest BCUT2D eigenvalue weighted by molar-refractivity contribution is 5.76. The third-order valence-corrected chi connectivity index (χ3v) is 5.61. The lowest BCUT2D eigenvalue weighted by molar-refractivity contribution is -0.274. The number of rotatable bonds is 5. The van der Waals surface area contributed by atoms with E-state index < -0.39 is 12.4 Å². The third kappa shape index (κ3) is 3.55. The van der Waals surface area contributed by atoms with E-state index in [0.29, 0.717) is 16.9 Å². The summed E-state index contributed by atoms with van der Waals surface area (Å²) < 4.78 is 40.8. The van der Waals surface area contributed by atoms with Crippen LogP contribution in [0, 0.1) is 11.3 Å². The molecular weight excluding hydrogens is 333 g/mol. The van der Waals surface area contributed by atoms with Crippen molar-refractivity contribution in [1.29, 1.82) is 0 Å². The number of nitrogens with one attached hydrogen (secondary N) is 2. The van der Waals surface area contributed by atoms with Crippen molar-refractivity contribution >= 4 is 6.03 Å².